The van der Waals surface area contributed by atoms with E-state index in [2.05, 4.69) is 11.8 Å². The summed E-state index contributed by atoms with van der Waals surface area (Å²) in [4.78, 5) is 26.3. The molecule has 7 heteroatoms. The zero-order valence-electron chi connectivity index (χ0n) is 14.1. The number of aromatic carboxylic acids is 1. The summed E-state index contributed by atoms with van der Waals surface area (Å²) in [7, 11) is 0. The Morgan fingerprint density at radius 1 is 1.36 bits per heavy atom. The fourth-order valence-electron chi connectivity index (χ4n) is 3.52. The molecule has 2 heterocycles. The van der Waals surface area contributed by atoms with Crippen LogP contribution in [0.15, 0.2) is 23.1 Å². The molecule has 1 aliphatic carbocycles. The standard InChI is InChI=1S/C18H21N3O3S/c1-10-8-20(4-5-25-10)16-7-15-12(6-14(16)19)17(22)13(18(23)24)9-21(15)11-2-3-11/h6-7,9-11H,2-5,8,19H2,1H3,(H,23,24). The van der Waals surface area contributed by atoms with Crippen molar-refractivity contribution in [3.8, 4) is 0 Å². The molecule has 1 aliphatic heterocycles. The molecular formula is C18H21N3O3S. The summed E-state index contributed by atoms with van der Waals surface area (Å²) in [5, 5.41) is 10.3. The highest BCUT2D eigenvalue weighted by Crippen LogP contribution is 2.39. The Morgan fingerprint density at radius 2 is 2.12 bits per heavy atom. The van der Waals surface area contributed by atoms with Crippen LogP contribution in [-0.4, -0.2) is 39.7 Å². The van der Waals surface area contributed by atoms with Crippen molar-refractivity contribution in [1.82, 2.24) is 4.57 Å². The molecule has 4 rings (SSSR count). The van der Waals surface area contributed by atoms with Crippen LogP contribution >= 0.6 is 11.8 Å². The van der Waals surface area contributed by atoms with Crippen LogP contribution in [0.4, 0.5) is 11.4 Å². The Labute approximate surface area is 149 Å². The first kappa shape index (κ1) is 16.3. The topological polar surface area (TPSA) is 88.6 Å². The van der Waals surface area contributed by atoms with E-state index < -0.39 is 11.4 Å². The zero-order valence-corrected chi connectivity index (χ0v) is 14.9. The highest BCUT2D eigenvalue weighted by atomic mass is 32.2. The number of anilines is 2. The molecule has 0 amide bonds. The third kappa shape index (κ3) is 2.86. The average molecular weight is 359 g/mol. The number of aromatic nitrogens is 1. The van der Waals surface area contributed by atoms with Gasteiger partial charge in [-0.05, 0) is 25.0 Å². The van der Waals surface area contributed by atoms with Gasteiger partial charge in [-0.15, -0.1) is 0 Å². The number of nitrogens with zero attached hydrogens (tertiary/aromatic N) is 2. The molecule has 0 spiro atoms. The molecule has 0 radical (unpaired) electrons. The number of carboxylic acids is 1. The first-order valence-electron chi connectivity index (χ1n) is 8.54. The predicted octanol–water partition coefficient (Wildman–Crippen LogP) is 2.56. The lowest BCUT2D eigenvalue weighted by atomic mass is 10.1. The van der Waals surface area contributed by atoms with Gasteiger partial charge in [0.1, 0.15) is 5.56 Å². The molecule has 1 saturated heterocycles. The fourth-order valence-corrected chi connectivity index (χ4v) is 4.53. The minimum absolute atomic E-state index is 0.186. The zero-order chi connectivity index (χ0) is 17.7. The monoisotopic (exact) mass is 359 g/mol. The van der Waals surface area contributed by atoms with E-state index in [4.69, 9.17) is 5.73 Å². The lowest BCUT2D eigenvalue weighted by Gasteiger charge is -2.33. The summed E-state index contributed by atoms with van der Waals surface area (Å²) < 4.78 is 1.95. The number of hydrogen-bond donors (Lipinski definition) is 2. The number of thioether (sulfide) groups is 1. The number of fused-ring (bicyclic) bond motifs is 1. The molecule has 3 N–H and O–H groups in total. The van der Waals surface area contributed by atoms with Gasteiger partial charge in [0, 0.05) is 41.7 Å². The van der Waals surface area contributed by atoms with Crippen LogP contribution in [-0.2, 0) is 0 Å². The van der Waals surface area contributed by atoms with E-state index in [1.54, 1.807) is 6.07 Å². The van der Waals surface area contributed by atoms with Crippen molar-refractivity contribution in [2.75, 3.05) is 29.5 Å². The molecule has 2 aliphatic rings. The molecule has 0 bridgehead atoms. The van der Waals surface area contributed by atoms with Gasteiger partial charge >= 0.3 is 5.97 Å². The first-order chi connectivity index (χ1) is 12.0. The van der Waals surface area contributed by atoms with Crippen LogP contribution in [0.1, 0.15) is 36.2 Å². The number of nitrogen functional groups attached to an aromatic ring is 1. The van der Waals surface area contributed by atoms with E-state index in [1.807, 2.05) is 22.4 Å². The number of rotatable bonds is 3. The Bertz CT molecular complexity index is 920. The quantitative estimate of drug-likeness (QED) is 0.819. The van der Waals surface area contributed by atoms with Crippen molar-refractivity contribution >= 4 is 40.0 Å². The summed E-state index contributed by atoms with van der Waals surface area (Å²) in [6, 6.07) is 3.90. The van der Waals surface area contributed by atoms with Crippen molar-refractivity contribution in [2.24, 2.45) is 0 Å². The molecule has 1 atom stereocenters. The second-order valence-corrected chi connectivity index (χ2v) is 8.42. The van der Waals surface area contributed by atoms with Crippen molar-refractivity contribution in [3.63, 3.8) is 0 Å². The molecule has 2 aromatic rings. The van der Waals surface area contributed by atoms with Gasteiger partial charge in [0.25, 0.3) is 0 Å². The van der Waals surface area contributed by atoms with Crippen LogP contribution < -0.4 is 16.1 Å². The van der Waals surface area contributed by atoms with E-state index in [1.165, 1.54) is 6.20 Å². The number of hydrogen-bond acceptors (Lipinski definition) is 5. The van der Waals surface area contributed by atoms with E-state index in [0.717, 1.165) is 42.9 Å². The Hall–Kier alpha value is -2.15. The number of carbonyl (C=O) groups is 1. The molecule has 1 aromatic carbocycles. The summed E-state index contributed by atoms with van der Waals surface area (Å²) in [6.07, 6.45) is 3.52. The van der Waals surface area contributed by atoms with Gasteiger partial charge in [-0.3, -0.25) is 4.79 Å². The van der Waals surface area contributed by atoms with Crippen molar-refractivity contribution < 1.29 is 9.90 Å². The average Bonchev–Trinajstić information content (AvgIpc) is 3.39. The molecule has 1 saturated carbocycles. The third-order valence-electron chi connectivity index (χ3n) is 4.93. The van der Waals surface area contributed by atoms with Crippen LogP contribution in [0.2, 0.25) is 0 Å². The fraction of sp³-hybridized carbons (Fsp3) is 0.444. The molecular weight excluding hydrogens is 338 g/mol. The van der Waals surface area contributed by atoms with E-state index >= 15 is 0 Å². The number of carboxylic acid groups (broad SMARTS) is 1. The van der Waals surface area contributed by atoms with E-state index in [0.29, 0.717) is 16.3 Å². The lowest BCUT2D eigenvalue weighted by Crippen LogP contribution is -2.37. The molecule has 1 aromatic heterocycles. The second kappa shape index (κ2) is 5.98. The van der Waals surface area contributed by atoms with Crippen LogP contribution in [0.25, 0.3) is 10.9 Å². The number of nitrogens with two attached hydrogens (primary N) is 1. The molecule has 6 nitrogen and oxygen atoms in total. The van der Waals surface area contributed by atoms with Gasteiger partial charge in [-0.25, -0.2) is 4.79 Å². The Balaban J connectivity index is 1.92. The molecule has 1 unspecified atom stereocenters. The van der Waals surface area contributed by atoms with Gasteiger partial charge in [0.2, 0.25) is 5.43 Å². The van der Waals surface area contributed by atoms with Crippen molar-refractivity contribution in [1.29, 1.82) is 0 Å². The largest absolute Gasteiger partial charge is 0.477 e. The maximum atomic E-state index is 12.6. The number of benzene rings is 1. The highest BCUT2D eigenvalue weighted by molar-refractivity contribution is 8.00. The predicted molar refractivity (Wildman–Crippen MR) is 102 cm³/mol. The Kier molecular flexibility index (Phi) is 3.91. The second-order valence-electron chi connectivity index (χ2n) is 6.87. The van der Waals surface area contributed by atoms with Gasteiger partial charge in [-0.1, -0.05) is 6.92 Å². The minimum Gasteiger partial charge on any atom is -0.477 e. The van der Waals surface area contributed by atoms with Crippen molar-refractivity contribution in [3.05, 3.63) is 34.1 Å². The van der Waals surface area contributed by atoms with E-state index in [9.17, 15) is 14.7 Å². The molecule has 2 fully saturated rings. The van der Waals surface area contributed by atoms with Crippen LogP contribution in [0.5, 0.6) is 0 Å². The molecule has 25 heavy (non-hydrogen) atoms. The smallest absolute Gasteiger partial charge is 0.341 e. The van der Waals surface area contributed by atoms with E-state index in [-0.39, 0.29) is 11.6 Å². The summed E-state index contributed by atoms with van der Waals surface area (Å²) in [5.74, 6) is -0.141. The van der Waals surface area contributed by atoms with Crippen molar-refractivity contribution in [2.45, 2.75) is 31.1 Å². The molecule has 132 valence electrons. The lowest BCUT2D eigenvalue weighted by molar-refractivity contribution is 0.0695. The number of pyridine rings is 1. The third-order valence-corrected chi connectivity index (χ3v) is 6.07. The summed E-state index contributed by atoms with van der Waals surface area (Å²) in [5.41, 5.74) is 7.87. The maximum absolute atomic E-state index is 12.6. The van der Waals surface area contributed by atoms with Crippen LogP contribution in [0.3, 0.4) is 0 Å². The normalized spacial score (nSPS) is 20.8. The van der Waals surface area contributed by atoms with Gasteiger partial charge in [-0.2, -0.15) is 11.8 Å². The maximum Gasteiger partial charge on any atom is 0.341 e. The minimum atomic E-state index is -1.19. The summed E-state index contributed by atoms with van der Waals surface area (Å²) in [6.45, 7) is 4.04. The van der Waals surface area contributed by atoms with Crippen LogP contribution in [0, 0.1) is 0 Å². The SMILES string of the molecule is CC1CN(c2cc3c(cc2N)c(=O)c(C(=O)O)cn3C2CC2)CCS1. The van der Waals surface area contributed by atoms with Gasteiger partial charge in [0.15, 0.2) is 0 Å². The van der Waals surface area contributed by atoms with Gasteiger partial charge in [0.05, 0.1) is 16.9 Å². The Morgan fingerprint density at radius 3 is 2.76 bits per heavy atom. The highest BCUT2D eigenvalue weighted by Gasteiger charge is 2.28. The summed E-state index contributed by atoms with van der Waals surface area (Å²) >= 11 is 1.95. The van der Waals surface area contributed by atoms with Gasteiger partial charge < -0.3 is 20.3 Å². The first-order valence-corrected chi connectivity index (χ1v) is 9.59.